The van der Waals surface area contributed by atoms with Gasteiger partial charge in [0.05, 0.1) is 6.10 Å². The van der Waals surface area contributed by atoms with Crippen molar-refractivity contribution in [2.24, 2.45) is 0 Å². The second-order valence-corrected chi connectivity index (χ2v) is 5.91. The molecule has 0 heterocycles. The molecule has 0 aliphatic heterocycles. The van der Waals surface area contributed by atoms with Gasteiger partial charge in [0, 0.05) is 6.42 Å². The summed E-state index contributed by atoms with van der Waals surface area (Å²) in [6.45, 7) is 2.20. The van der Waals surface area contributed by atoms with Crippen molar-refractivity contribution >= 4 is 57.4 Å². The average Bonchev–Trinajstić information content (AvgIpc) is 2.45. The molecular weight excluding hydrogens is 303 g/mol. The van der Waals surface area contributed by atoms with Gasteiger partial charge in [-0.05, 0) is 32.1 Å². The van der Waals surface area contributed by atoms with E-state index in [2.05, 4.69) is 19.1 Å². The monoisotopic (exact) mass is 338 g/mol. The predicted molar refractivity (Wildman–Crippen MR) is 95.6 cm³/mol. The molecular formula is C18H35KO3. The van der Waals surface area contributed by atoms with Gasteiger partial charge < -0.3 is 10.2 Å². The van der Waals surface area contributed by atoms with Crippen LogP contribution in [0.5, 0.6) is 0 Å². The Balaban J connectivity index is 0. The van der Waals surface area contributed by atoms with Gasteiger partial charge in [-0.3, -0.25) is 4.79 Å². The number of rotatable bonds is 15. The van der Waals surface area contributed by atoms with Crippen molar-refractivity contribution < 1.29 is 15.0 Å². The molecule has 0 saturated carbocycles. The van der Waals surface area contributed by atoms with E-state index in [-0.39, 0.29) is 57.5 Å². The third-order valence-corrected chi connectivity index (χ3v) is 3.73. The number of carboxylic acids is 1. The normalized spacial score (nSPS) is 12.3. The molecule has 0 bridgehead atoms. The molecule has 0 aromatic rings. The molecule has 1 atom stereocenters. The van der Waals surface area contributed by atoms with Crippen LogP contribution in [0.1, 0.15) is 90.4 Å². The molecule has 0 aromatic carbocycles. The number of aliphatic carboxylic acids is 1. The van der Waals surface area contributed by atoms with E-state index in [1.165, 1.54) is 25.7 Å². The fourth-order valence-corrected chi connectivity index (χ4v) is 2.36. The van der Waals surface area contributed by atoms with E-state index >= 15 is 0 Å². The third kappa shape index (κ3) is 20.8. The number of carbonyl (C=O) groups is 1. The quantitative estimate of drug-likeness (QED) is 0.264. The van der Waals surface area contributed by atoms with Crippen LogP contribution in [-0.2, 0) is 4.79 Å². The van der Waals surface area contributed by atoms with Gasteiger partial charge >= 0.3 is 57.4 Å². The zero-order chi connectivity index (χ0) is 15.8. The maximum absolute atomic E-state index is 10.3. The van der Waals surface area contributed by atoms with Crippen molar-refractivity contribution in [2.75, 3.05) is 0 Å². The van der Waals surface area contributed by atoms with E-state index in [9.17, 15) is 9.90 Å². The number of carboxylic acid groups (broad SMARTS) is 1. The zero-order valence-electron chi connectivity index (χ0n) is 13.7. The summed E-state index contributed by atoms with van der Waals surface area (Å²) < 4.78 is 0. The Bertz CT molecular complexity index is 267. The maximum atomic E-state index is 10.3. The summed E-state index contributed by atoms with van der Waals surface area (Å²) in [5.41, 5.74) is 0. The Hall–Kier alpha value is 0.806. The molecule has 0 amide bonds. The van der Waals surface area contributed by atoms with Crippen LogP contribution in [-0.4, -0.2) is 73.7 Å². The Morgan fingerprint density at radius 1 is 0.955 bits per heavy atom. The van der Waals surface area contributed by atoms with Crippen LogP contribution in [0.3, 0.4) is 0 Å². The van der Waals surface area contributed by atoms with E-state index in [0.717, 1.165) is 51.4 Å². The summed E-state index contributed by atoms with van der Waals surface area (Å²) in [7, 11) is 0. The van der Waals surface area contributed by atoms with Crippen molar-refractivity contribution in [1.29, 1.82) is 0 Å². The van der Waals surface area contributed by atoms with Crippen LogP contribution in [0.4, 0.5) is 0 Å². The van der Waals surface area contributed by atoms with Gasteiger partial charge in [-0.1, -0.05) is 64.0 Å². The summed E-state index contributed by atoms with van der Waals surface area (Å²) >= 11 is 0. The Labute approximate surface area is 179 Å². The minimum atomic E-state index is -0.689. The Morgan fingerprint density at radius 2 is 1.59 bits per heavy atom. The molecule has 2 N–H and O–H groups in total. The van der Waals surface area contributed by atoms with E-state index < -0.39 is 5.97 Å². The first-order valence-corrected chi connectivity index (χ1v) is 8.71. The van der Waals surface area contributed by atoms with Crippen molar-refractivity contribution in [3.63, 3.8) is 0 Å². The molecule has 0 spiro atoms. The molecule has 0 rings (SSSR count). The van der Waals surface area contributed by atoms with Gasteiger partial charge in [-0.25, -0.2) is 0 Å². The van der Waals surface area contributed by atoms with Crippen LogP contribution in [0.15, 0.2) is 12.2 Å². The third-order valence-electron chi connectivity index (χ3n) is 3.73. The number of hydrogen-bond donors (Lipinski definition) is 2. The van der Waals surface area contributed by atoms with E-state index in [1.54, 1.807) is 0 Å². The van der Waals surface area contributed by atoms with Crippen LogP contribution in [0, 0.1) is 0 Å². The van der Waals surface area contributed by atoms with Gasteiger partial charge in [-0.15, -0.1) is 0 Å². The summed E-state index contributed by atoms with van der Waals surface area (Å²) in [6.07, 6.45) is 17.4. The standard InChI is InChI=1S/C18H34O3.K.H/c1-2-3-4-11-14-17(19)15-12-9-7-5-6-8-10-13-16-18(20)21;;/h9,12,17,19H,2-8,10-11,13-16H2,1H3,(H,20,21);;/b12-9-;;/t17-;;/m1../s1. The molecule has 0 fully saturated rings. The number of aliphatic hydroxyl groups excluding tert-OH is 1. The van der Waals surface area contributed by atoms with Crippen LogP contribution < -0.4 is 0 Å². The van der Waals surface area contributed by atoms with Crippen molar-refractivity contribution in [3.8, 4) is 0 Å². The molecule has 22 heavy (non-hydrogen) atoms. The molecule has 0 aliphatic carbocycles. The van der Waals surface area contributed by atoms with Crippen LogP contribution in [0.2, 0.25) is 0 Å². The Morgan fingerprint density at radius 3 is 2.27 bits per heavy atom. The van der Waals surface area contributed by atoms with Gasteiger partial charge in [-0.2, -0.15) is 0 Å². The average molecular weight is 339 g/mol. The first kappa shape index (κ1) is 25.1. The van der Waals surface area contributed by atoms with Crippen LogP contribution >= 0.6 is 0 Å². The molecule has 0 radical (unpaired) electrons. The van der Waals surface area contributed by atoms with E-state index in [0.29, 0.717) is 6.42 Å². The van der Waals surface area contributed by atoms with E-state index in [4.69, 9.17) is 5.11 Å². The number of unbranched alkanes of at least 4 members (excludes halogenated alkanes) is 8. The summed E-state index contributed by atoms with van der Waals surface area (Å²) in [5.74, 6) is -0.689. The Kier molecular flexibility index (Phi) is 22.6. The topological polar surface area (TPSA) is 57.5 Å². The zero-order valence-corrected chi connectivity index (χ0v) is 13.7. The number of allylic oxidation sites excluding steroid dienone is 1. The summed E-state index contributed by atoms with van der Waals surface area (Å²) in [5, 5.41) is 18.3. The van der Waals surface area contributed by atoms with Gasteiger partial charge in [0.1, 0.15) is 0 Å². The SMILES string of the molecule is CCCCCC[C@@H](O)C/C=C\CCCCCCCC(=O)O.[KH]. The fraction of sp³-hybridized carbons (Fsp3) is 0.833. The van der Waals surface area contributed by atoms with Crippen LogP contribution in [0.25, 0.3) is 0 Å². The molecule has 0 unspecified atom stereocenters. The first-order valence-electron chi connectivity index (χ1n) is 8.71. The molecule has 0 saturated heterocycles. The van der Waals surface area contributed by atoms with Crippen molar-refractivity contribution in [1.82, 2.24) is 0 Å². The predicted octanol–water partition coefficient (Wildman–Crippen LogP) is 4.43. The molecule has 0 aliphatic rings. The fourth-order valence-electron chi connectivity index (χ4n) is 2.36. The van der Waals surface area contributed by atoms with Gasteiger partial charge in [0.15, 0.2) is 0 Å². The van der Waals surface area contributed by atoms with E-state index in [1.807, 2.05) is 0 Å². The van der Waals surface area contributed by atoms with Gasteiger partial charge in [0.2, 0.25) is 0 Å². The van der Waals surface area contributed by atoms with Crippen molar-refractivity contribution in [3.05, 3.63) is 12.2 Å². The number of hydrogen-bond acceptors (Lipinski definition) is 2. The van der Waals surface area contributed by atoms with Gasteiger partial charge in [0.25, 0.3) is 0 Å². The molecule has 3 nitrogen and oxygen atoms in total. The summed E-state index contributed by atoms with van der Waals surface area (Å²) in [4.78, 5) is 10.3. The second-order valence-electron chi connectivity index (χ2n) is 5.91. The molecule has 126 valence electrons. The summed E-state index contributed by atoms with van der Waals surface area (Å²) in [6, 6.07) is 0. The van der Waals surface area contributed by atoms with Crippen molar-refractivity contribution in [2.45, 2.75) is 96.5 Å². The molecule has 4 heteroatoms. The number of aliphatic hydroxyl groups is 1. The first-order chi connectivity index (χ1) is 10.2. The molecule has 0 aromatic heterocycles. The minimum absolute atomic E-state index is 0. The second kappa shape index (κ2) is 19.9.